The Morgan fingerprint density at radius 2 is 1.48 bits per heavy atom. The number of carbonyl (C=O) groups excluding carboxylic acids is 2. The van der Waals surface area contributed by atoms with Crippen LogP contribution in [0.5, 0.6) is 0 Å². The Labute approximate surface area is 147 Å². The fraction of sp³-hybridized carbons (Fsp3) is 0.750. The largest absolute Gasteiger partial charge is 0.481 e. The van der Waals surface area contributed by atoms with Crippen molar-refractivity contribution in [2.24, 2.45) is 17.6 Å². The van der Waals surface area contributed by atoms with Gasteiger partial charge >= 0.3 is 11.9 Å². The molecule has 144 valence electrons. The summed E-state index contributed by atoms with van der Waals surface area (Å²) in [5, 5.41) is 22.8. The van der Waals surface area contributed by atoms with Gasteiger partial charge in [0.25, 0.3) is 0 Å². The number of nitrogens with two attached hydrogens (primary N) is 1. The Morgan fingerprint density at radius 1 is 0.960 bits per heavy atom. The first-order valence-corrected chi connectivity index (χ1v) is 8.32. The average Bonchev–Trinajstić information content (AvgIpc) is 2.53. The van der Waals surface area contributed by atoms with Gasteiger partial charge in [-0.2, -0.15) is 0 Å². The van der Waals surface area contributed by atoms with Crippen molar-refractivity contribution in [2.45, 2.75) is 65.1 Å². The average molecular weight is 359 g/mol. The first-order valence-electron chi connectivity index (χ1n) is 8.32. The molecule has 0 rings (SSSR count). The summed E-state index contributed by atoms with van der Waals surface area (Å²) in [4.78, 5) is 46.3. The zero-order chi connectivity index (χ0) is 19.7. The Balaban J connectivity index is 4.97. The fourth-order valence-electron chi connectivity index (χ4n) is 2.13. The number of aliphatic carboxylic acids is 2. The van der Waals surface area contributed by atoms with E-state index in [-0.39, 0.29) is 24.7 Å². The standard InChI is InChI=1S/C16H29N3O6/c1-5-9(4)13(16(24)25)19-15(23)12(8(2)3)18-14(22)10(17)6-7-11(20)21/h8-10,12-13H,5-7,17H2,1-4H3,(H,18,22)(H,19,23)(H,20,21)(H,24,25). The molecule has 2 amide bonds. The number of carboxylic acid groups (broad SMARTS) is 2. The van der Waals surface area contributed by atoms with Gasteiger partial charge in [0, 0.05) is 6.42 Å². The summed E-state index contributed by atoms with van der Waals surface area (Å²) >= 11 is 0. The maximum absolute atomic E-state index is 12.4. The third kappa shape index (κ3) is 7.97. The Hall–Kier alpha value is -2.16. The molecule has 6 N–H and O–H groups in total. The molecule has 4 unspecified atom stereocenters. The maximum Gasteiger partial charge on any atom is 0.326 e. The molecule has 0 aliphatic rings. The molecule has 0 radical (unpaired) electrons. The zero-order valence-corrected chi connectivity index (χ0v) is 15.1. The van der Waals surface area contributed by atoms with Crippen molar-refractivity contribution in [3.63, 3.8) is 0 Å². The summed E-state index contributed by atoms with van der Waals surface area (Å²) in [6, 6.07) is -3.08. The van der Waals surface area contributed by atoms with Crippen molar-refractivity contribution in [1.82, 2.24) is 10.6 Å². The molecule has 9 heteroatoms. The highest BCUT2D eigenvalue weighted by Gasteiger charge is 2.31. The molecule has 25 heavy (non-hydrogen) atoms. The van der Waals surface area contributed by atoms with Gasteiger partial charge in [0.15, 0.2) is 0 Å². The van der Waals surface area contributed by atoms with Crippen LogP contribution in [-0.4, -0.2) is 52.1 Å². The van der Waals surface area contributed by atoms with Gasteiger partial charge in [-0.15, -0.1) is 0 Å². The van der Waals surface area contributed by atoms with E-state index in [2.05, 4.69) is 10.6 Å². The van der Waals surface area contributed by atoms with Crippen LogP contribution in [0, 0.1) is 11.8 Å². The predicted molar refractivity (Wildman–Crippen MR) is 90.6 cm³/mol. The van der Waals surface area contributed by atoms with Crippen LogP contribution >= 0.6 is 0 Å². The van der Waals surface area contributed by atoms with Crippen molar-refractivity contribution in [1.29, 1.82) is 0 Å². The number of carboxylic acids is 2. The fourth-order valence-corrected chi connectivity index (χ4v) is 2.13. The molecule has 0 aromatic heterocycles. The van der Waals surface area contributed by atoms with Crippen LogP contribution in [-0.2, 0) is 19.2 Å². The third-order valence-electron chi connectivity index (χ3n) is 4.03. The van der Waals surface area contributed by atoms with E-state index in [4.69, 9.17) is 10.8 Å². The molecule has 9 nitrogen and oxygen atoms in total. The van der Waals surface area contributed by atoms with Gasteiger partial charge in [-0.1, -0.05) is 34.1 Å². The van der Waals surface area contributed by atoms with Gasteiger partial charge in [0.2, 0.25) is 11.8 Å². The molecule has 0 aliphatic carbocycles. The van der Waals surface area contributed by atoms with Gasteiger partial charge in [-0.25, -0.2) is 4.79 Å². The number of amides is 2. The van der Waals surface area contributed by atoms with Crippen molar-refractivity contribution in [3.8, 4) is 0 Å². The molecule has 4 atom stereocenters. The van der Waals surface area contributed by atoms with Gasteiger partial charge < -0.3 is 26.6 Å². The lowest BCUT2D eigenvalue weighted by atomic mass is 9.97. The normalized spacial score (nSPS) is 15.8. The smallest absolute Gasteiger partial charge is 0.326 e. The van der Waals surface area contributed by atoms with E-state index in [1.54, 1.807) is 20.8 Å². The van der Waals surface area contributed by atoms with Crippen LogP contribution in [0.2, 0.25) is 0 Å². The maximum atomic E-state index is 12.4. The van der Waals surface area contributed by atoms with Crippen LogP contribution in [0.4, 0.5) is 0 Å². The molecular weight excluding hydrogens is 330 g/mol. The molecule has 0 aromatic carbocycles. The lowest BCUT2D eigenvalue weighted by Crippen LogP contribution is -2.57. The minimum Gasteiger partial charge on any atom is -0.481 e. The van der Waals surface area contributed by atoms with Crippen molar-refractivity contribution in [2.75, 3.05) is 0 Å². The highest BCUT2D eigenvalue weighted by Crippen LogP contribution is 2.10. The molecule has 0 saturated heterocycles. The lowest BCUT2D eigenvalue weighted by Gasteiger charge is -2.27. The molecular formula is C16H29N3O6. The van der Waals surface area contributed by atoms with E-state index < -0.39 is 41.9 Å². The third-order valence-corrected chi connectivity index (χ3v) is 4.03. The number of nitrogens with one attached hydrogen (secondary N) is 2. The SMILES string of the molecule is CCC(C)C(NC(=O)C(NC(=O)C(N)CCC(=O)O)C(C)C)C(=O)O. The first-order chi connectivity index (χ1) is 11.5. The van der Waals surface area contributed by atoms with Gasteiger partial charge in [0.1, 0.15) is 12.1 Å². The van der Waals surface area contributed by atoms with E-state index in [0.29, 0.717) is 6.42 Å². The van der Waals surface area contributed by atoms with Crippen LogP contribution in [0.25, 0.3) is 0 Å². The first kappa shape index (κ1) is 22.8. The summed E-state index contributed by atoms with van der Waals surface area (Å²) < 4.78 is 0. The summed E-state index contributed by atoms with van der Waals surface area (Å²) in [6.45, 7) is 6.93. The number of rotatable bonds is 11. The second-order valence-corrected chi connectivity index (χ2v) is 6.48. The van der Waals surface area contributed by atoms with Gasteiger partial charge in [-0.05, 0) is 18.3 Å². The number of hydrogen-bond acceptors (Lipinski definition) is 5. The van der Waals surface area contributed by atoms with Crippen LogP contribution in [0.15, 0.2) is 0 Å². The minimum absolute atomic E-state index is 0.0573. The second kappa shape index (κ2) is 10.7. The van der Waals surface area contributed by atoms with Gasteiger partial charge in [-0.3, -0.25) is 14.4 Å². The molecule has 0 heterocycles. The summed E-state index contributed by atoms with van der Waals surface area (Å²) in [5.41, 5.74) is 5.63. The molecule has 0 bridgehead atoms. The Bertz CT molecular complexity index is 494. The summed E-state index contributed by atoms with van der Waals surface area (Å²) in [5.74, 6) is -4.05. The van der Waals surface area contributed by atoms with Crippen molar-refractivity contribution < 1.29 is 29.4 Å². The Kier molecular flexibility index (Phi) is 9.73. The van der Waals surface area contributed by atoms with E-state index >= 15 is 0 Å². The lowest BCUT2D eigenvalue weighted by molar-refractivity contribution is -0.144. The topological polar surface area (TPSA) is 159 Å². The monoisotopic (exact) mass is 359 g/mol. The second-order valence-electron chi connectivity index (χ2n) is 6.48. The number of hydrogen-bond donors (Lipinski definition) is 5. The minimum atomic E-state index is -1.14. The molecule has 0 aliphatic heterocycles. The molecule has 0 aromatic rings. The van der Waals surface area contributed by atoms with E-state index in [0.717, 1.165) is 0 Å². The quantitative estimate of drug-likeness (QED) is 0.345. The van der Waals surface area contributed by atoms with Crippen LogP contribution in [0.3, 0.4) is 0 Å². The molecule has 0 spiro atoms. The molecule has 0 fully saturated rings. The van der Waals surface area contributed by atoms with Crippen LogP contribution < -0.4 is 16.4 Å². The zero-order valence-electron chi connectivity index (χ0n) is 15.1. The van der Waals surface area contributed by atoms with E-state index in [1.807, 2.05) is 6.92 Å². The number of carbonyl (C=O) groups is 4. The Morgan fingerprint density at radius 3 is 1.88 bits per heavy atom. The van der Waals surface area contributed by atoms with Crippen molar-refractivity contribution in [3.05, 3.63) is 0 Å². The van der Waals surface area contributed by atoms with Crippen molar-refractivity contribution >= 4 is 23.8 Å². The summed E-state index contributed by atoms with van der Waals surface area (Å²) in [6.07, 6.45) is 0.246. The summed E-state index contributed by atoms with van der Waals surface area (Å²) in [7, 11) is 0. The highest BCUT2D eigenvalue weighted by molar-refractivity contribution is 5.92. The van der Waals surface area contributed by atoms with E-state index in [9.17, 15) is 24.3 Å². The van der Waals surface area contributed by atoms with Crippen LogP contribution in [0.1, 0.15) is 47.0 Å². The van der Waals surface area contributed by atoms with E-state index in [1.165, 1.54) is 0 Å². The highest BCUT2D eigenvalue weighted by atomic mass is 16.4. The molecule has 0 saturated carbocycles. The van der Waals surface area contributed by atoms with Gasteiger partial charge in [0.05, 0.1) is 6.04 Å². The predicted octanol–water partition coefficient (Wildman–Crippen LogP) is -0.0652.